The molecule has 0 aliphatic carbocycles. The summed E-state index contributed by atoms with van der Waals surface area (Å²) in [7, 11) is 0. The Morgan fingerprint density at radius 3 is 0.957 bits per heavy atom. The largest absolute Gasteiger partial charge is 0.508 e. The second-order valence-electron chi connectivity index (χ2n) is 27.7. The number of imidazole rings is 1. The first-order valence-corrected chi connectivity index (χ1v) is 37.4. The van der Waals surface area contributed by atoms with Gasteiger partial charge in [-0.1, -0.05) is 12.1 Å². The Kier molecular flexibility index (Phi) is 42.9. The second kappa shape index (κ2) is 49.9. The molecule has 0 spiro atoms. The number of primary amides is 1. The number of carboxylic acids is 1. The molecule has 17 atom stereocenters. The fourth-order valence-electron chi connectivity index (χ4n) is 10.3. The van der Waals surface area contributed by atoms with E-state index in [9.17, 15) is 106 Å². The molecule has 0 radical (unpaired) electrons. The molecule has 1 aromatic carbocycles. The Morgan fingerprint density at radius 1 is 0.362 bits per heavy atom. The van der Waals surface area contributed by atoms with Gasteiger partial charge in [-0.05, 0) is 152 Å². The van der Waals surface area contributed by atoms with Crippen molar-refractivity contribution in [1.82, 2.24) is 106 Å². The number of aromatic nitrogens is 2. The molecule has 27 N–H and O–H groups in total. The lowest BCUT2D eigenvalue weighted by atomic mass is 10.1. The van der Waals surface area contributed by atoms with Crippen LogP contribution < -0.4 is 113 Å². The quantitative estimate of drug-likeness (QED) is 0.0274. The van der Waals surface area contributed by atoms with Crippen LogP contribution in [0.25, 0.3) is 0 Å². The molecule has 0 unspecified atom stereocenters. The summed E-state index contributed by atoms with van der Waals surface area (Å²) in [4.78, 5) is 268. The van der Waals surface area contributed by atoms with E-state index in [4.69, 9.17) is 17.2 Å². The van der Waals surface area contributed by atoms with Crippen molar-refractivity contribution in [1.29, 1.82) is 0 Å². The summed E-state index contributed by atoms with van der Waals surface area (Å²) in [5.41, 5.74) is 17.5. The van der Waals surface area contributed by atoms with Crippen LogP contribution in [-0.4, -0.2) is 261 Å². The van der Waals surface area contributed by atoms with E-state index < -0.39 is 234 Å². The minimum Gasteiger partial charge on any atom is -0.508 e. The smallest absolute Gasteiger partial charge is 0.305 e. The van der Waals surface area contributed by atoms with Crippen molar-refractivity contribution >= 4 is 118 Å². The highest BCUT2D eigenvalue weighted by molar-refractivity contribution is 6.01. The van der Waals surface area contributed by atoms with Gasteiger partial charge in [0.15, 0.2) is 0 Å². The van der Waals surface area contributed by atoms with E-state index in [0.717, 1.165) is 6.92 Å². The van der Waals surface area contributed by atoms with Crippen molar-refractivity contribution in [3.8, 4) is 5.75 Å². The van der Waals surface area contributed by atoms with Crippen molar-refractivity contribution in [2.24, 2.45) is 17.2 Å². The highest BCUT2D eigenvalue weighted by Crippen LogP contribution is 2.12. The highest BCUT2D eigenvalue weighted by atomic mass is 16.4. The van der Waals surface area contributed by atoms with E-state index in [1.165, 1.54) is 120 Å². The van der Waals surface area contributed by atoms with Gasteiger partial charge in [0.2, 0.25) is 112 Å². The number of carboxylic acid groups (broad SMARTS) is 1. The Hall–Kier alpha value is -12.4. The lowest BCUT2D eigenvalue weighted by molar-refractivity contribution is -0.141. The summed E-state index contributed by atoms with van der Waals surface area (Å²) in [6.45, 7) is 16.2. The maximum absolute atomic E-state index is 13.8. The molecule has 644 valence electrons. The number of aromatic amines is 1. The molecule has 1 heterocycles. The molecule has 0 aliphatic heterocycles. The first kappa shape index (κ1) is 99.6. The molecule has 0 bridgehead atoms. The SMILES string of the molecule is CC(=O)N[C@@H](CCCCN)C(=O)N[C@@H](C)C(=O)N[C@@H](C)C(=O)N[C@@H](C)C(=O)N[C@@H](C)C(=O)N[C@@H](CC(=O)O)C(=O)N[C@@H](C)C(=O)N[C@@H](C)C(=O)N[C@@H](C)C(=O)N[C@@H](C)C(=O)N[C@@H](Cc1c[nH]cn1)C(=O)N[C@@H](C)C(=O)N[C@@H](C)C(=O)N[C@@H](C)C(=O)N[C@@H](C)C(=O)N[C@@H](CCCCN)C(=O)NCC(=O)N[C@@H](Cc1ccc(O)cc1)C(N)=O. The van der Waals surface area contributed by atoms with Gasteiger partial charge in [0.25, 0.3) is 0 Å². The lowest BCUT2D eigenvalue weighted by Gasteiger charge is -2.25. The predicted molar refractivity (Wildman–Crippen MR) is 411 cm³/mol. The molecule has 0 aliphatic rings. The predicted octanol–water partition coefficient (Wildman–Crippen LogP) is -9.26. The van der Waals surface area contributed by atoms with E-state index in [1.807, 2.05) is 0 Å². The van der Waals surface area contributed by atoms with Gasteiger partial charge in [-0.15, -0.1) is 0 Å². The second-order valence-corrected chi connectivity index (χ2v) is 27.7. The fourth-order valence-corrected chi connectivity index (χ4v) is 10.3. The number of hydrogen-bond acceptors (Lipinski definition) is 24. The minimum absolute atomic E-state index is 0.0164. The highest BCUT2D eigenvalue weighted by Gasteiger charge is 2.36. The van der Waals surface area contributed by atoms with Crippen molar-refractivity contribution in [3.63, 3.8) is 0 Å². The third-order valence-corrected chi connectivity index (χ3v) is 17.3. The molecule has 45 nitrogen and oxygen atoms in total. The Balaban J connectivity index is 1.95. The number of phenols is 1. The zero-order valence-corrected chi connectivity index (χ0v) is 67.0. The molecule has 2 aromatic rings. The van der Waals surface area contributed by atoms with Gasteiger partial charge in [0.05, 0.1) is 25.0 Å². The van der Waals surface area contributed by atoms with E-state index in [2.05, 4.69) is 106 Å². The monoisotopic (exact) mass is 1640 g/mol. The van der Waals surface area contributed by atoms with Gasteiger partial charge < -0.3 is 128 Å². The molecule has 0 saturated carbocycles. The average molecular weight is 1640 g/mol. The molecule has 2 rings (SSSR count). The molecule has 0 saturated heterocycles. The maximum Gasteiger partial charge on any atom is 0.305 e. The van der Waals surface area contributed by atoms with Gasteiger partial charge in [-0.2, -0.15) is 0 Å². The Labute approximate surface area is 668 Å². The van der Waals surface area contributed by atoms with E-state index in [0.29, 0.717) is 37.8 Å². The summed E-state index contributed by atoms with van der Waals surface area (Å²) in [6, 6.07) is -17.2. The number of aliphatic carboxylic acids is 1. The summed E-state index contributed by atoms with van der Waals surface area (Å²) in [5.74, 6) is -18.3. The van der Waals surface area contributed by atoms with E-state index in [1.54, 1.807) is 0 Å². The number of carbonyl (C=O) groups excluding carboxylic acids is 19. The Bertz CT molecular complexity index is 3790. The van der Waals surface area contributed by atoms with Crippen LogP contribution in [0.1, 0.15) is 146 Å². The summed E-state index contributed by atoms with van der Waals surface area (Å²) < 4.78 is 0. The summed E-state index contributed by atoms with van der Waals surface area (Å²) >= 11 is 0. The molecular formula is C71H113N23O22. The number of H-pyrrole nitrogens is 1. The number of nitrogens with one attached hydrogen (secondary N) is 19. The van der Waals surface area contributed by atoms with Gasteiger partial charge in [0, 0.05) is 26.0 Å². The number of unbranched alkanes of at least 4 members (excludes halogenated alkanes) is 2. The topological polar surface area (TPSA) is 705 Å². The van der Waals surface area contributed by atoms with E-state index in [-0.39, 0.29) is 43.7 Å². The lowest BCUT2D eigenvalue weighted by Crippen LogP contribution is -2.59. The molecular weight excluding hydrogens is 1530 g/mol. The van der Waals surface area contributed by atoms with Crippen LogP contribution in [0.3, 0.4) is 0 Å². The third-order valence-electron chi connectivity index (χ3n) is 17.3. The van der Waals surface area contributed by atoms with Crippen LogP contribution in [0.2, 0.25) is 0 Å². The van der Waals surface area contributed by atoms with Crippen LogP contribution >= 0.6 is 0 Å². The number of amides is 19. The number of nitrogens with two attached hydrogens (primary N) is 3. The van der Waals surface area contributed by atoms with Gasteiger partial charge >= 0.3 is 5.97 Å². The average Bonchev–Trinajstić information content (AvgIpc) is 1.37. The zero-order chi connectivity index (χ0) is 88.0. The van der Waals surface area contributed by atoms with E-state index >= 15 is 0 Å². The first-order valence-electron chi connectivity index (χ1n) is 37.4. The van der Waals surface area contributed by atoms with Crippen LogP contribution in [0.5, 0.6) is 5.75 Å². The summed E-state index contributed by atoms with van der Waals surface area (Å²) in [6.07, 6.45) is 3.64. The number of carbonyl (C=O) groups is 20. The van der Waals surface area contributed by atoms with Gasteiger partial charge in [0.1, 0.15) is 108 Å². The number of nitrogens with zero attached hydrogens (tertiary/aromatic N) is 1. The number of aromatic hydroxyl groups is 1. The van der Waals surface area contributed by atoms with Crippen LogP contribution in [0.4, 0.5) is 0 Å². The van der Waals surface area contributed by atoms with Crippen LogP contribution in [0, 0.1) is 0 Å². The maximum atomic E-state index is 13.8. The van der Waals surface area contributed by atoms with Crippen molar-refractivity contribution in [2.75, 3.05) is 19.6 Å². The number of rotatable bonds is 50. The molecule has 1 aromatic heterocycles. The number of benzene rings is 1. The molecule has 0 fully saturated rings. The minimum atomic E-state index is -1.85. The number of hydrogen-bond donors (Lipinski definition) is 24. The van der Waals surface area contributed by atoms with Crippen LogP contribution in [-0.2, 0) is 109 Å². The standard InChI is InChI=1S/C71H113N23O22/c1-32(81-62(107)38(7)87-69(114)49(90-44(13)95)19-15-17-25-73)56(101)80-37(6)61(106)86-43(12)67(112)94-52(28-54(98)99)71(116)89-40(9)64(109)83-34(3)58(103)79-36(5)60(105)85-42(11)66(111)93-51(27-46-29-75-31-77-46)70(115)88-39(8)63(108)82-33(2)57(102)78-35(4)59(104)84-41(10)65(110)92-48(18-14-16-24-72)68(113)76-30-53(97)91-50(55(74)100)26-45-20-22-47(96)23-21-45/h20-23,29,31-43,48-52,96H,14-19,24-28,30,72-73H2,1-13H3,(H2,74,100)(H,75,77)(H,76,113)(H,78,102)(H,79,103)(H,80,101)(H,81,107)(H,82,108)(H,83,109)(H,84,104)(H,85,105)(H,86,106)(H,87,114)(H,88,115)(H,89,116)(H,90,95)(H,91,97)(H,92,110)(H,93,111)(H,94,112)(H,98,99)/t32-,33-,34-,35-,36-,37-,38-,39-,40-,41-,42-,43-,48-,49-,50-,51-,52-/m0/s1. The summed E-state index contributed by atoms with van der Waals surface area (Å²) in [5, 5.41) is 62.1. The zero-order valence-electron chi connectivity index (χ0n) is 67.0. The van der Waals surface area contributed by atoms with Gasteiger partial charge in [-0.25, -0.2) is 4.98 Å². The molecule has 19 amide bonds. The van der Waals surface area contributed by atoms with Crippen LogP contribution in [0.15, 0.2) is 36.8 Å². The Morgan fingerprint density at radius 2 is 0.655 bits per heavy atom. The molecule has 116 heavy (non-hydrogen) atoms. The fraction of sp³-hybridized carbons (Fsp3) is 0.592. The van der Waals surface area contributed by atoms with Crippen molar-refractivity contribution < 1.29 is 106 Å². The molecule has 45 heteroatoms. The number of phenolic OH excluding ortho intramolecular Hbond substituents is 1. The van der Waals surface area contributed by atoms with Crippen molar-refractivity contribution in [2.45, 2.75) is 251 Å². The van der Waals surface area contributed by atoms with Crippen molar-refractivity contribution in [3.05, 3.63) is 48.0 Å². The first-order chi connectivity index (χ1) is 54.3. The third kappa shape index (κ3) is 36.6. The van der Waals surface area contributed by atoms with Gasteiger partial charge in [-0.3, -0.25) is 95.9 Å². The normalized spacial score (nSPS) is 15.3.